The van der Waals surface area contributed by atoms with Crippen LogP contribution < -0.4 is 10.3 Å². The van der Waals surface area contributed by atoms with Crippen LogP contribution in [0.5, 0.6) is 0 Å². The number of amides is 1. The molecule has 3 aromatic carbocycles. The fourth-order valence-corrected chi connectivity index (χ4v) is 4.39. The molecule has 4 aromatic rings. The van der Waals surface area contributed by atoms with Gasteiger partial charge in [-0.25, -0.2) is 4.39 Å². The predicted molar refractivity (Wildman–Crippen MR) is 123 cm³/mol. The summed E-state index contributed by atoms with van der Waals surface area (Å²) in [5.41, 5.74) is 3.51. The van der Waals surface area contributed by atoms with Crippen LogP contribution in [-0.4, -0.2) is 5.91 Å². The Kier molecular flexibility index (Phi) is 4.68. The van der Waals surface area contributed by atoms with E-state index < -0.39 is 17.8 Å². The predicted octanol–water partition coefficient (Wildman–Crippen LogP) is 6.26. The first-order valence-electron chi connectivity index (χ1n) is 10.2. The zero-order valence-corrected chi connectivity index (χ0v) is 18.5. The monoisotopic (exact) mass is 447 g/mol. The van der Waals surface area contributed by atoms with Gasteiger partial charge in [0.2, 0.25) is 5.76 Å². The highest BCUT2D eigenvalue weighted by molar-refractivity contribution is 6.31. The highest BCUT2D eigenvalue weighted by Gasteiger charge is 2.44. The van der Waals surface area contributed by atoms with Gasteiger partial charge in [-0.05, 0) is 67.8 Å². The molecule has 0 radical (unpaired) electrons. The van der Waals surface area contributed by atoms with E-state index in [9.17, 15) is 14.0 Å². The minimum atomic E-state index is -0.972. The summed E-state index contributed by atoms with van der Waals surface area (Å²) in [7, 11) is 0. The quantitative estimate of drug-likeness (QED) is 0.364. The molecule has 0 aliphatic carbocycles. The second kappa shape index (κ2) is 7.31. The third-order valence-corrected chi connectivity index (χ3v) is 6.53. The highest BCUT2D eigenvalue weighted by Crippen LogP contribution is 2.42. The molecule has 1 atom stereocenters. The summed E-state index contributed by atoms with van der Waals surface area (Å²) in [5, 5.41) is 0.832. The normalized spacial score (nSPS) is 15.5. The van der Waals surface area contributed by atoms with Gasteiger partial charge in [0.25, 0.3) is 5.91 Å². The lowest BCUT2D eigenvalue weighted by atomic mass is 9.97. The first kappa shape index (κ1) is 20.5. The van der Waals surface area contributed by atoms with Crippen LogP contribution in [0, 0.1) is 26.6 Å². The third-order valence-electron chi connectivity index (χ3n) is 6.12. The van der Waals surface area contributed by atoms with Gasteiger partial charge in [0.1, 0.15) is 11.4 Å². The lowest BCUT2D eigenvalue weighted by Gasteiger charge is -2.26. The Balaban J connectivity index is 1.85. The average molecular weight is 448 g/mol. The number of hydrogen-bond acceptors (Lipinski definition) is 3. The minimum absolute atomic E-state index is 0.0734. The third kappa shape index (κ3) is 2.96. The fraction of sp³-hybridized carbons (Fsp3) is 0.154. The molecule has 6 heteroatoms. The van der Waals surface area contributed by atoms with Gasteiger partial charge in [0, 0.05) is 16.3 Å². The van der Waals surface area contributed by atoms with E-state index in [1.54, 1.807) is 48.5 Å². The summed E-state index contributed by atoms with van der Waals surface area (Å²) in [6.45, 7) is 5.66. The zero-order valence-electron chi connectivity index (χ0n) is 17.7. The van der Waals surface area contributed by atoms with Crippen molar-refractivity contribution < 1.29 is 13.6 Å². The number of aryl methyl sites for hydroxylation is 3. The number of halogens is 2. The van der Waals surface area contributed by atoms with Crippen LogP contribution in [0.4, 0.5) is 10.1 Å². The van der Waals surface area contributed by atoms with Gasteiger partial charge in [0.15, 0.2) is 5.43 Å². The van der Waals surface area contributed by atoms with Crippen molar-refractivity contribution in [2.24, 2.45) is 0 Å². The Morgan fingerprint density at radius 1 is 0.938 bits per heavy atom. The minimum Gasteiger partial charge on any atom is -0.450 e. The zero-order chi connectivity index (χ0) is 22.7. The number of benzene rings is 3. The summed E-state index contributed by atoms with van der Waals surface area (Å²) in [6.07, 6.45) is 0. The van der Waals surface area contributed by atoms with E-state index in [0.717, 1.165) is 16.7 Å². The van der Waals surface area contributed by atoms with E-state index in [1.807, 2.05) is 20.8 Å². The van der Waals surface area contributed by atoms with Crippen molar-refractivity contribution in [2.45, 2.75) is 26.8 Å². The number of fused-ring (bicyclic) bond motifs is 2. The number of anilines is 1. The van der Waals surface area contributed by atoms with E-state index >= 15 is 0 Å². The summed E-state index contributed by atoms with van der Waals surface area (Å²) >= 11 is 6.33. The fourth-order valence-electron chi connectivity index (χ4n) is 4.22. The van der Waals surface area contributed by atoms with Gasteiger partial charge in [-0.2, -0.15) is 0 Å². The molecular weight excluding hydrogens is 429 g/mol. The summed E-state index contributed by atoms with van der Waals surface area (Å²) < 4.78 is 20.9. The number of rotatable bonds is 2. The Hall–Kier alpha value is -3.44. The molecule has 160 valence electrons. The molecule has 32 heavy (non-hydrogen) atoms. The second-order valence-electron chi connectivity index (χ2n) is 8.14. The van der Waals surface area contributed by atoms with Crippen LogP contribution in [0.3, 0.4) is 0 Å². The molecule has 5 rings (SSSR count). The van der Waals surface area contributed by atoms with Crippen LogP contribution in [-0.2, 0) is 0 Å². The molecule has 1 amide bonds. The Bertz CT molecular complexity index is 1490. The van der Waals surface area contributed by atoms with E-state index in [4.69, 9.17) is 16.0 Å². The standard InChI is InChI=1S/C26H19ClFNO3/c1-13-8-9-16(12-19(13)27)29-23(17-6-4-5-7-20(17)28)22-24(30)18-10-14(2)15(3)11-21(18)32-25(22)26(29)31/h4-12,23H,1-3H3. The summed E-state index contributed by atoms with van der Waals surface area (Å²) in [4.78, 5) is 28.6. The molecule has 0 spiro atoms. The number of hydrogen-bond donors (Lipinski definition) is 0. The second-order valence-corrected chi connectivity index (χ2v) is 8.55. The van der Waals surface area contributed by atoms with Crippen molar-refractivity contribution >= 4 is 34.2 Å². The maximum Gasteiger partial charge on any atom is 0.295 e. The van der Waals surface area contributed by atoms with Crippen molar-refractivity contribution in [1.29, 1.82) is 0 Å². The topological polar surface area (TPSA) is 50.5 Å². The number of nitrogens with zero attached hydrogens (tertiary/aromatic N) is 1. The van der Waals surface area contributed by atoms with Crippen molar-refractivity contribution in [2.75, 3.05) is 4.90 Å². The van der Waals surface area contributed by atoms with Crippen LogP contribution in [0.15, 0.2) is 63.8 Å². The first-order valence-corrected chi connectivity index (χ1v) is 10.6. The SMILES string of the molecule is Cc1cc2oc3c(c(=O)c2cc1C)C(c1ccccc1F)N(c1ccc(C)c(Cl)c1)C3=O. The molecule has 0 bridgehead atoms. The molecule has 4 nitrogen and oxygen atoms in total. The lowest BCUT2D eigenvalue weighted by Crippen LogP contribution is -2.30. The van der Waals surface area contributed by atoms with Gasteiger partial charge in [-0.15, -0.1) is 0 Å². The Morgan fingerprint density at radius 2 is 1.66 bits per heavy atom. The molecule has 0 fully saturated rings. The average Bonchev–Trinajstić information content (AvgIpc) is 3.04. The summed E-state index contributed by atoms with van der Waals surface area (Å²) in [6, 6.07) is 13.8. The molecule has 0 N–H and O–H groups in total. The Morgan fingerprint density at radius 3 is 2.38 bits per heavy atom. The molecular formula is C26H19ClFNO3. The number of carbonyl (C=O) groups is 1. The largest absolute Gasteiger partial charge is 0.450 e. The number of carbonyl (C=O) groups excluding carboxylic acids is 1. The van der Waals surface area contributed by atoms with Crippen molar-refractivity contribution in [3.8, 4) is 0 Å². The van der Waals surface area contributed by atoms with Gasteiger partial charge in [0.05, 0.1) is 17.0 Å². The van der Waals surface area contributed by atoms with Gasteiger partial charge in [-0.3, -0.25) is 14.5 Å². The maximum absolute atomic E-state index is 15.0. The molecule has 1 aliphatic rings. The molecule has 1 unspecified atom stereocenters. The van der Waals surface area contributed by atoms with Gasteiger partial charge < -0.3 is 4.42 Å². The lowest BCUT2D eigenvalue weighted by molar-refractivity contribution is 0.0971. The highest BCUT2D eigenvalue weighted by atomic mass is 35.5. The van der Waals surface area contributed by atoms with E-state index in [0.29, 0.717) is 21.7 Å². The van der Waals surface area contributed by atoms with E-state index in [1.165, 1.54) is 11.0 Å². The van der Waals surface area contributed by atoms with Crippen LogP contribution in [0.2, 0.25) is 5.02 Å². The van der Waals surface area contributed by atoms with E-state index in [2.05, 4.69) is 0 Å². The maximum atomic E-state index is 15.0. The molecule has 0 saturated heterocycles. The van der Waals surface area contributed by atoms with E-state index in [-0.39, 0.29) is 22.3 Å². The van der Waals surface area contributed by atoms with Crippen molar-refractivity contribution in [3.63, 3.8) is 0 Å². The van der Waals surface area contributed by atoms with Crippen LogP contribution >= 0.6 is 11.6 Å². The Labute approximate surface area is 188 Å². The smallest absolute Gasteiger partial charge is 0.295 e. The van der Waals surface area contributed by atoms with Crippen molar-refractivity contribution in [3.05, 3.63) is 109 Å². The summed E-state index contributed by atoms with van der Waals surface area (Å²) in [5.74, 6) is -1.10. The van der Waals surface area contributed by atoms with Crippen LogP contribution in [0.25, 0.3) is 11.0 Å². The molecule has 1 aromatic heterocycles. The van der Waals surface area contributed by atoms with Crippen molar-refractivity contribution in [1.82, 2.24) is 0 Å². The van der Waals surface area contributed by atoms with Gasteiger partial charge in [-0.1, -0.05) is 35.9 Å². The van der Waals surface area contributed by atoms with Gasteiger partial charge >= 0.3 is 0 Å². The molecule has 1 aliphatic heterocycles. The molecule has 0 saturated carbocycles. The molecule has 2 heterocycles. The van der Waals surface area contributed by atoms with Crippen LogP contribution in [0.1, 0.15) is 44.4 Å². The first-order chi connectivity index (χ1) is 15.3.